The molecule has 0 aromatic carbocycles. The lowest BCUT2D eigenvalue weighted by Gasteiger charge is -2.51. The first-order chi connectivity index (χ1) is 23.7. The molecule has 2 heterocycles. The van der Waals surface area contributed by atoms with Gasteiger partial charge in [-0.15, -0.1) is 0 Å². The molecule has 6 N–H and O–H groups in total. The van der Waals surface area contributed by atoms with Gasteiger partial charge in [-0.1, -0.05) is 0 Å². The van der Waals surface area contributed by atoms with Crippen LogP contribution >= 0.6 is 0 Å². The Kier molecular flexibility index (Phi) is 12.8. The highest BCUT2D eigenvalue weighted by molar-refractivity contribution is 5.80. The van der Waals surface area contributed by atoms with Crippen molar-refractivity contribution in [2.45, 2.75) is 125 Å². The molecule has 2 amide bonds. The standard InChI is InChI=1S/2C16H22FN3O3.C2H6O2/c2*17-11-7-12(8-18)20(9-11)10-13(21)19-16-4-1-15(2-5-16,3-6-16)14(22)23;3-1-2-4/h2*11-12H,1-7,9-10H2,(H,19,21)(H,22,23);3-4H,1-2H2/t2*11-,12-,15?,16?;/m00./s1. The van der Waals surface area contributed by atoms with Gasteiger partial charge < -0.3 is 31.1 Å². The molecule has 2 aliphatic heterocycles. The molecule has 4 bridgehead atoms. The molecule has 8 aliphatic rings. The molecule has 0 spiro atoms. The summed E-state index contributed by atoms with van der Waals surface area (Å²) in [4.78, 5) is 50.7. The lowest BCUT2D eigenvalue weighted by molar-refractivity contribution is -0.158. The molecule has 14 nitrogen and oxygen atoms in total. The van der Waals surface area contributed by atoms with Crippen LogP contribution in [0.25, 0.3) is 0 Å². The number of carboxylic acid groups (broad SMARTS) is 2. The van der Waals surface area contributed by atoms with E-state index >= 15 is 0 Å². The number of nitriles is 2. The minimum absolute atomic E-state index is 0.0322. The van der Waals surface area contributed by atoms with E-state index in [1.807, 2.05) is 12.1 Å². The molecule has 0 aromatic rings. The van der Waals surface area contributed by atoms with Crippen molar-refractivity contribution in [3.05, 3.63) is 0 Å². The molecule has 8 fully saturated rings. The van der Waals surface area contributed by atoms with E-state index in [1.165, 1.54) is 0 Å². The van der Waals surface area contributed by atoms with Crippen LogP contribution in [-0.4, -0.2) is 129 Å². The zero-order valence-corrected chi connectivity index (χ0v) is 28.4. The van der Waals surface area contributed by atoms with Gasteiger partial charge in [-0.05, 0) is 77.0 Å². The average molecular weight is 709 g/mol. The topological polar surface area (TPSA) is 227 Å². The lowest BCUT2D eigenvalue weighted by Crippen LogP contribution is -2.59. The Morgan fingerprint density at radius 1 is 0.620 bits per heavy atom. The number of aliphatic carboxylic acids is 2. The van der Waals surface area contributed by atoms with Crippen LogP contribution in [0.3, 0.4) is 0 Å². The van der Waals surface area contributed by atoms with Crippen molar-refractivity contribution in [3.63, 3.8) is 0 Å². The molecule has 2 saturated heterocycles. The number of hydrogen-bond acceptors (Lipinski definition) is 10. The van der Waals surface area contributed by atoms with Crippen molar-refractivity contribution in [3.8, 4) is 12.1 Å². The number of carboxylic acids is 2. The highest BCUT2D eigenvalue weighted by atomic mass is 19.1. The van der Waals surface area contributed by atoms with E-state index in [9.17, 15) is 38.2 Å². The summed E-state index contributed by atoms with van der Waals surface area (Å²) < 4.78 is 26.8. The first-order valence-electron chi connectivity index (χ1n) is 17.5. The van der Waals surface area contributed by atoms with E-state index in [2.05, 4.69) is 10.6 Å². The number of likely N-dealkylation sites (tertiary alicyclic amines) is 2. The molecule has 6 aliphatic carbocycles. The minimum Gasteiger partial charge on any atom is -0.481 e. The van der Waals surface area contributed by atoms with Crippen molar-refractivity contribution in [2.75, 3.05) is 39.4 Å². The zero-order chi connectivity index (χ0) is 36.7. The van der Waals surface area contributed by atoms with Gasteiger partial charge in [-0.25, -0.2) is 8.78 Å². The number of hydrogen-bond donors (Lipinski definition) is 6. The molecule has 0 aromatic heterocycles. The number of nitrogens with zero attached hydrogens (tertiary/aromatic N) is 4. The average Bonchev–Trinajstić information content (AvgIpc) is 3.65. The predicted octanol–water partition coefficient (Wildman–Crippen LogP) is 1.40. The smallest absolute Gasteiger partial charge is 0.309 e. The van der Waals surface area contributed by atoms with Crippen LogP contribution in [0.4, 0.5) is 8.78 Å². The number of carbonyl (C=O) groups is 4. The molecular formula is C34H50F2N6O8. The molecule has 0 radical (unpaired) electrons. The van der Waals surface area contributed by atoms with Crippen molar-refractivity contribution in [1.82, 2.24) is 20.4 Å². The van der Waals surface area contributed by atoms with Crippen molar-refractivity contribution in [1.29, 1.82) is 10.5 Å². The summed E-state index contributed by atoms with van der Waals surface area (Å²) in [5.74, 6) is -1.83. The Labute approximate surface area is 290 Å². The fraction of sp³-hybridized carbons (Fsp3) is 0.824. The van der Waals surface area contributed by atoms with E-state index in [4.69, 9.17) is 20.7 Å². The van der Waals surface area contributed by atoms with E-state index in [1.54, 1.807) is 9.80 Å². The van der Waals surface area contributed by atoms with E-state index in [-0.39, 0.29) is 75.1 Å². The van der Waals surface area contributed by atoms with Gasteiger partial charge in [0, 0.05) is 37.0 Å². The van der Waals surface area contributed by atoms with Gasteiger partial charge in [0.1, 0.15) is 24.4 Å². The molecule has 8 rings (SSSR count). The van der Waals surface area contributed by atoms with Crippen LogP contribution in [0, 0.1) is 33.5 Å². The summed E-state index contributed by atoms with van der Waals surface area (Å²) in [5.41, 5.74) is -1.83. The maximum Gasteiger partial charge on any atom is 0.309 e. The van der Waals surface area contributed by atoms with Crippen LogP contribution in [0.1, 0.15) is 89.9 Å². The molecule has 0 unspecified atom stereocenters. The number of rotatable bonds is 9. The normalized spacial score (nSPS) is 37.2. The molecule has 278 valence electrons. The third-order valence-electron chi connectivity index (χ3n) is 12.0. The van der Waals surface area contributed by atoms with Gasteiger partial charge in [0.2, 0.25) is 11.8 Å². The van der Waals surface area contributed by atoms with Gasteiger partial charge >= 0.3 is 11.9 Å². The van der Waals surface area contributed by atoms with Gasteiger partial charge in [-0.3, -0.25) is 29.0 Å². The second-order valence-corrected chi connectivity index (χ2v) is 15.1. The summed E-state index contributed by atoms with van der Waals surface area (Å²) in [5, 5.41) is 58.2. The number of aliphatic hydroxyl groups is 2. The van der Waals surface area contributed by atoms with Crippen molar-refractivity contribution < 1.29 is 48.4 Å². The van der Waals surface area contributed by atoms with Crippen molar-refractivity contribution >= 4 is 23.8 Å². The van der Waals surface area contributed by atoms with E-state index in [0.29, 0.717) is 77.0 Å². The summed E-state index contributed by atoms with van der Waals surface area (Å²) in [6.07, 6.45) is 5.88. The predicted molar refractivity (Wildman–Crippen MR) is 172 cm³/mol. The summed E-state index contributed by atoms with van der Waals surface area (Å²) in [7, 11) is 0. The number of carbonyl (C=O) groups excluding carboxylic acids is 2. The second kappa shape index (κ2) is 16.3. The third-order valence-corrected chi connectivity index (χ3v) is 12.0. The number of fused-ring (bicyclic) bond motifs is 6. The number of amides is 2. The van der Waals surface area contributed by atoms with E-state index < -0.39 is 47.2 Å². The first kappa shape index (κ1) is 39.3. The third kappa shape index (κ3) is 8.88. The largest absolute Gasteiger partial charge is 0.481 e. The van der Waals surface area contributed by atoms with E-state index in [0.717, 1.165) is 0 Å². The number of halogens is 2. The van der Waals surface area contributed by atoms with Gasteiger partial charge in [-0.2, -0.15) is 10.5 Å². The first-order valence-corrected chi connectivity index (χ1v) is 17.5. The van der Waals surface area contributed by atoms with Crippen LogP contribution in [0.15, 0.2) is 0 Å². The zero-order valence-electron chi connectivity index (χ0n) is 28.4. The highest BCUT2D eigenvalue weighted by Gasteiger charge is 2.54. The van der Waals surface area contributed by atoms with Crippen LogP contribution in [-0.2, 0) is 19.2 Å². The fourth-order valence-electron chi connectivity index (χ4n) is 8.74. The van der Waals surface area contributed by atoms with Crippen LogP contribution < -0.4 is 10.6 Å². The fourth-order valence-corrected chi connectivity index (χ4v) is 8.74. The second-order valence-electron chi connectivity index (χ2n) is 15.1. The van der Waals surface area contributed by atoms with Gasteiger partial charge in [0.25, 0.3) is 0 Å². The van der Waals surface area contributed by atoms with Gasteiger partial charge in [0.05, 0.1) is 49.3 Å². The Bertz CT molecular complexity index is 1200. The number of nitrogens with one attached hydrogen (secondary N) is 2. The molecular weight excluding hydrogens is 658 g/mol. The lowest BCUT2D eigenvalue weighted by atomic mass is 9.57. The monoisotopic (exact) mass is 708 g/mol. The molecule has 16 heteroatoms. The number of alkyl halides is 2. The van der Waals surface area contributed by atoms with Crippen LogP contribution in [0.5, 0.6) is 0 Å². The molecule has 4 atom stereocenters. The summed E-state index contributed by atoms with van der Waals surface area (Å²) >= 11 is 0. The molecule has 50 heavy (non-hydrogen) atoms. The minimum atomic E-state index is -1.05. The molecule has 6 saturated carbocycles. The van der Waals surface area contributed by atoms with Crippen molar-refractivity contribution in [2.24, 2.45) is 10.8 Å². The Morgan fingerprint density at radius 2 is 0.920 bits per heavy atom. The van der Waals surface area contributed by atoms with Gasteiger partial charge in [0.15, 0.2) is 0 Å². The summed E-state index contributed by atoms with van der Waals surface area (Å²) in [6, 6.07) is 3.01. The highest BCUT2D eigenvalue weighted by Crippen LogP contribution is 2.53. The maximum atomic E-state index is 13.4. The Balaban J connectivity index is 0.000000203. The Morgan fingerprint density at radius 3 is 1.16 bits per heavy atom. The SMILES string of the molecule is N#C[C@@H]1C[C@H](F)CN1CC(=O)NC12CCC(C(=O)O)(CC1)CC2.N#C[C@@H]1C[C@H](F)CN1CC(=O)NC12CCC(C(=O)O)(CC1)CC2.OCCO. The van der Waals surface area contributed by atoms with Crippen LogP contribution in [0.2, 0.25) is 0 Å². The maximum absolute atomic E-state index is 13.4. The summed E-state index contributed by atoms with van der Waals surface area (Å²) in [6.45, 7) is 0.0660. The Hall–Kier alpha value is -3.44. The quantitative estimate of drug-likeness (QED) is 0.200. The number of aliphatic hydroxyl groups excluding tert-OH is 2.